The molecule has 0 radical (unpaired) electrons. The second-order valence-corrected chi connectivity index (χ2v) is 12.6. The molecule has 4 atom stereocenters. The van der Waals surface area contributed by atoms with Crippen molar-refractivity contribution in [3.8, 4) is 11.5 Å². The number of rotatable bonds is 8. The minimum atomic E-state index is -0.575. The zero-order valence-corrected chi connectivity index (χ0v) is 29.3. The van der Waals surface area contributed by atoms with E-state index < -0.39 is 29.9 Å². The summed E-state index contributed by atoms with van der Waals surface area (Å²) in [4.78, 5) is 43.4. The molecule has 50 heavy (non-hydrogen) atoms. The van der Waals surface area contributed by atoms with E-state index in [0.717, 1.165) is 12.8 Å². The lowest BCUT2D eigenvalue weighted by Gasteiger charge is -2.35. The quantitative estimate of drug-likeness (QED) is 0.213. The number of fused-ring (bicyclic) bond motifs is 1. The number of likely N-dealkylation sites (N-methyl/N-ethyl adjacent to an activating group) is 1. The van der Waals surface area contributed by atoms with E-state index in [-0.39, 0.29) is 43.3 Å². The number of nitrogens with one attached hydrogen (secondary N) is 3. The van der Waals surface area contributed by atoms with E-state index in [1.165, 1.54) is 24.3 Å². The molecular formula is C37H48FN5O7. The lowest BCUT2D eigenvalue weighted by atomic mass is 10.0. The van der Waals surface area contributed by atoms with Gasteiger partial charge in [-0.2, -0.15) is 0 Å². The third kappa shape index (κ3) is 10.8. The summed E-state index contributed by atoms with van der Waals surface area (Å²) in [6.45, 7) is 6.26. The van der Waals surface area contributed by atoms with E-state index in [1.54, 1.807) is 73.3 Å². The van der Waals surface area contributed by atoms with Crippen LogP contribution in [0.5, 0.6) is 11.5 Å². The number of hydrogen-bond acceptors (Lipinski definition) is 7. The second-order valence-electron chi connectivity index (χ2n) is 12.6. The predicted molar refractivity (Wildman–Crippen MR) is 191 cm³/mol. The highest BCUT2D eigenvalue weighted by Crippen LogP contribution is 2.29. The molecule has 270 valence electrons. The van der Waals surface area contributed by atoms with Crippen LogP contribution in [0.25, 0.3) is 0 Å². The van der Waals surface area contributed by atoms with Gasteiger partial charge in [-0.05, 0) is 99.8 Å². The van der Waals surface area contributed by atoms with E-state index >= 15 is 0 Å². The SMILES string of the molecule is COc1ccc(NC(=O)N(C)C[C@H]2OCCCC[C@@H](C)Oc3ccc(NC(=O)Nc4ccc(F)cc4)cc3C(=O)N([C@H](C)CO)C[C@H]2C)cc1. The molecule has 12 nitrogen and oxygen atoms in total. The topological polar surface area (TPSA) is 142 Å². The Morgan fingerprint density at radius 1 is 1.00 bits per heavy atom. The summed E-state index contributed by atoms with van der Waals surface area (Å²) >= 11 is 0. The molecule has 3 aromatic carbocycles. The average molecular weight is 694 g/mol. The Kier molecular flexibility index (Phi) is 13.8. The van der Waals surface area contributed by atoms with E-state index in [9.17, 15) is 23.9 Å². The van der Waals surface area contributed by atoms with Crippen LogP contribution in [0.3, 0.4) is 0 Å². The number of hydrogen-bond donors (Lipinski definition) is 4. The molecule has 5 amide bonds. The van der Waals surface area contributed by atoms with Gasteiger partial charge >= 0.3 is 12.1 Å². The number of benzene rings is 3. The largest absolute Gasteiger partial charge is 0.497 e. The molecule has 1 heterocycles. The highest BCUT2D eigenvalue weighted by Gasteiger charge is 2.31. The van der Waals surface area contributed by atoms with Crippen molar-refractivity contribution in [3.05, 3.63) is 78.1 Å². The highest BCUT2D eigenvalue weighted by molar-refractivity contribution is 6.02. The fourth-order valence-electron chi connectivity index (χ4n) is 5.54. The first-order valence-electron chi connectivity index (χ1n) is 16.8. The number of aliphatic hydroxyl groups excluding tert-OH is 1. The summed E-state index contributed by atoms with van der Waals surface area (Å²) in [5, 5.41) is 18.5. The first-order chi connectivity index (χ1) is 24.0. The van der Waals surface area contributed by atoms with Gasteiger partial charge in [-0.1, -0.05) is 6.92 Å². The summed E-state index contributed by atoms with van der Waals surface area (Å²) in [6.07, 6.45) is 1.64. The van der Waals surface area contributed by atoms with Crippen LogP contribution in [0.2, 0.25) is 0 Å². The molecule has 0 unspecified atom stereocenters. The summed E-state index contributed by atoms with van der Waals surface area (Å²) in [6, 6.07) is 15.8. The van der Waals surface area contributed by atoms with Crippen LogP contribution in [0.15, 0.2) is 66.7 Å². The van der Waals surface area contributed by atoms with Crippen molar-refractivity contribution in [2.45, 2.75) is 58.3 Å². The zero-order chi connectivity index (χ0) is 36.2. The van der Waals surface area contributed by atoms with Crippen LogP contribution in [0.4, 0.5) is 31.0 Å². The molecule has 0 aromatic heterocycles. The van der Waals surface area contributed by atoms with Gasteiger partial charge in [-0.3, -0.25) is 4.79 Å². The van der Waals surface area contributed by atoms with Crippen molar-refractivity contribution in [1.82, 2.24) is 9.80 Å². The van der Waals surface area contributed by atoms with E-state index in [0.29, 0.717) is 41.6 Å². The van der Waals surface area contributed by atoms with Crippen LogP contribution < -0.4 is 25.4 Å². The Morgan fingerprint density at radius 3 is 2.32 bits per heavy atom. The van der Waals surface area contributed by atoms with Gasteiger partial charge in [0.05, 0.1) is 37.5 Å². The fourth-order valence-corrected chi connectivity index (χ4v) is 5.54. The molecule has 1 aliphatic rings. The van der Waals surface area contributed by atoms with E-state index in [2.05, 4.69) is 16.0 Å². The molecule has 4 N–H and O–H groups in total. The Bertz CT molecular complexity index is 1570. The number of halogens is 1. The van der Waals surface area contributed by atoms with Gasteiger partial charge in [-0.15, -0.1) is 0 Å². The lowest BCUT2D eigenvalue weighted by molar-refractivity contribution is -0.0115. The maximum atomic E-state index is 14.4. The highest BCUT2D eigenvalue weighted by atomic mass is 19.1. The van der Waals surface area contributed by atoms with Crippen molar-refractivity contribution in [1.29, 1.82) is 0 Å². The van der Waals surface area contributed by atoms with Gasteiger partial charge in [0.2, 0.25) is 0 Å². The Hall–Kier alpha value is -4.88. The standard InChI is InChI=1S/C37H48FN5O7/c1-24-21-43(25(2)23-44)35(45)32-20-30(40-36(46)39-28-11-9-27(38)10-12-28)15-18-33(32)50-26(3)8-6-7-19-49-34(24)22-42(4)37(47)41-29-13-16-31(48-5)17-14-29/h9-18,20,24-26,34,44H,6-8,19,21-23H2,1-5H3,(H,41,47)(H2,39,40,46)/t24-,25-,26-,34-/m1/s1. The van der Waals surface area contributed by atoms with Gasteiger partial charge in [0.1, 0.15) is 17.3 Å². The third-order valence-electron chi connectivity index (χ3n) is 8.55. The molecule has 0 fully saturated rings. The van der Waals surface area contributed by atoms with Gasteiger partial charge in [0.15, 0.2) is 0 Å². The number of nitrogens with zero attached hydrogens (tertiary/aromatic N) is 2. The molecule has 0 aliphatic carbocycles. The predicted octanol–water partition coefficient (Wildman–Crippen LogP) is 6.44. The molecule has 0 bridgehead atoms. The van der Waals surface area contributed by atoms with Gasteiger partial charge in [0.25, 0.3) is 5.91 Å². The number of aliphatic hydroxyl groups is 1. The Morgan fingerprint density at radius 2 is 1.64 bits per heavy atom. The number of carbonyl (C=O) groups is 3. The molecule has 0 spiro atoms. The molecule has 3 aromatic rings. The zero-order valence-electron chi connectivity index (χ0n) is 29.3. The summed E-state index contributed by atoms with van der Waals surface area (Å²) in [5.41, 5.74) is 1.57. The third-order valence-corrected chi connectivity index (χ3v) is 8.55. The maximum absolute atomic E-state index is 14.4. The Labute approximate surface area is 292 Å². The smallest absolute Gasteiger partial charge is 0.323 e. The van der Waals surface area contributed by atoms with Gasteiger partial charge in [-0.25, -0.2) is 14.0 Å². The maximum Gasteiger partial charge on any atom is 0.323 e. The van der Waals surface area contributed by atoms with E-state index in [4.69, 9.17) is 14.2 Å². The fraction of sp³-hybridized carbons (Fsp3) is 0.432. The number of methoxy groups -OCH3 is 1. The number of amides is 5. The summed E-state index contributed by atoms with van der Waals surface area (Å²) in [5.74, 6) is -0.0404. The normalized spacial score (nSPS) is 19.2. The summed E-state index contributed by atoms with van der Waals surface area (Å²) < 4.78 is 31.1. The molecule has 0 saturated heterocycles. The average Bonchev–Trinajstić information content (AvgIpc) is 3.10. The first kappa shape index (κ1) is 37.9. The molecule has 13 heteroatoms. The number of urea groups is 2. The minimum Gasteiger partial charge on any atom is -0.497 e. The minimum absolute atomic E-state index is 0.205. The van der Waals surface area contributed by atoms with Crippen LogP contribution in [-0.4, -0.2) is 91.6 Å². The van der Waals surface area contributed by atoms with Crippen LogP contribution in [0, 0.1) is 11.7 Å². The van der Waals surface area contributed by atoms with Gasteiger partial charge in [0, 0.05) is 49.7 Å². The van der Waals surface area contributed by atoms with Crippen molar-refractivity contribution in [3.63, 3.8) is 0 Å². The lowest BCUT2D eigenvalue weighted by Crippen LogP contribution is -2.48. The first-order valence-corrected chi connectivity index (χ1v) is 16.8. The second kappa shape index (κ2) is 18.2. The van der Waals surface area contributed by atoms with Gasteiger partial charge < -0.3 is 45.1 Å². The van der Waals surface area contributed by atoms with Crippen molar-refractivity contribution < 1.29 is 38.1 Å². The van der Waals surface area contributed by atoms with Crippen LogP contribution >= 0.6 is 0 Å². The van der Waals surface area contributed by atoms with Crippen molar-refractivity contribution in [2.75, 3.05) is 56.4 Å². The number of ether oxygens (including phenoxy) is 3. The van der Waals surface area contributed by atoms with E-state index in [1.807, 2.05) is 13.8 Å². The molecule has 1 aliphatic heterocycles. The van der Waals surface area contributed by atoms with Crippen LogP contribution in [0.1, 0.15) is 50.4 Å². The summed E-state index contributed by atoms with van der Waals surface area (Å²) in [7, 11) is 3.27. The number of anilines is 3. The molecular weight excluding hydrogens is 645 g/mol. The van der Waals surface area contributed by atoms with Crippen molar-refractivity contribution >= 4 is 35.0 Å². The van der Waals surface area contributed by atoms with Crippen LogP contribution in [-0.2, 0) is 4.74 Å². The number of carbonyl (C=O) groups excluding carboxylic acids is 3. The van der Waals surface area contributed by atoms with Crippen molar-refractivity contribution in [2.24, 2.45) is 5.92 Å². The molecule has 0 saturated carbocycles. The monoisotopic (exact) mass is 693 g/mol. The molecule has 4 rings (SSSR count). The Balaban J connectivity index is 1.56.